The molecular formula is C32H32O8. The zero-order chi connectivity index (χ0) is 29.1. The predicted octanol–water partition coefficient (Wildman–Crippen LogP) is 5.21. The molecule has 3 rings (SSSR count). The Morgan fingerprint density at radius 1 is 0.675 bits per heavy atom. The summed E-state index contributed by atoms with van der Waals surface area (Å²) in [4.78, 5) is 36.9. The van der Waals surface area contributed by atoms with Crippen LogP contribution in [-0.2, 0) is 16.0 Å². The second kappa shape index (κ2) is 14.6. The van der Waals surface area contributed by atoms with E-state index in [-0.39, 0.29) is 22.6 Å². The van der Waals surface area contributed by atoms with Gasteiger partial charge in [-0.2, -0.15) is 0 Å². The number of rotatable bonds is 13. The lowest BCUT2D eigenvalue weighted by molar-refractivity contribution is -0.131. The number of hydrogen-bond donors (Lipinski definition) is 2. The highest BCUT2D eigenvalue weighted by molar-refractivity contribution is 5.92. The van der Waals surface area contributed by atoms with Gasteiger partial charge in [0.05, 0.1) is 29.9 Å². The summed E-state index contributed by atoms with van der Waals surface area (Å²) < 4.78 is 16.1. The molecule has 0 saturated heterocycles. The Morgan fingerprint density at radius 3 is 1.73 bits per heavy atom. The summed E-state index contributed by atoms with van der Waals surface area (Å²) in [5.74, 6) is -1.80. The van der Waals surface area contributed by atoms with Crippen molar-refractivity contribution in [1.29, 1.82) is 0 Å². The van der Waals surface area contributed by atoms with E-state index in [1.807, 2.05) is 12.1 Å². The quantitative estimate of drug-likeness (QED) is 0.130. The van der Waals surface area contributed by atoms with Gasteiger partial charge in [-0.3, -0.25) is 0 Å². The monoisotopic (exact) mass is 544 g/mol. The number of aliphatic hydroxyl groups excluding tert-OH is 2. The largest absolute Gasteiger partial charge is 0.423 e. The molecule has 2 N–H and O–H groups in total. The topological polar surface area (TPSA) is 119 Å². The molecule has 8 heteroatoms. The molecule has 0 aliphatic heterocycles. The van der Waals surface area contributed by atoms with Crippen molar-refractivity contribution in [2.45, 2.75) is 32.6 Å². The highest BCUT2D eigenvalue weighted by Gasteiger charge is 2.15. The van der Waals surface area contributed by atoms with Crippen LogP contribution in [-0.4, -0.2) is 41.3 Å². The normalized spacial score (nSPS) is 10.5. The SMILES string of the molecule is C=C(CO)C(=O)Oc1cc(OC(=O)C(=C)CO)cc(-c2ccc(OC(=O)c3ccc(CCCCC)cc3)cc2)c1. The lowest BCUT2D eigenvalue weighted by atomic mass is 10.0. The van der Waals surface area contributed by atoms with Gasteiger partial charge in [0.15, 0.2) is 0 Å². The molecule has 0 aromatic heterocycles. The first kappa shape index (κ1) is 30.0. The molecule has 3 aromatic carbocycles. The van der Waals surface area contributed by atoms with E-state index in [2.05, 4.69) is 20.1 Å². The Bertz CT molecular complexity index is 1320. The summed E-state index contributed by atoms with van der Waals surface area (Å²) in [6.07, 6.45) is 4.40. The van der Waals surface area contributed by atoms with Crippen LogP contribution in [0.15, 0.2) is 91.0 Å². The fraction of sp³-hybridized carbons (Fsp3) is 0.219. The highest BCUT2D eigenvalue weighted by atomic mass is 16.5. The molecule has 0 bridgehead atoms. The highest BCUT2D eigenvalue weighted by Crippen LogP contribution is 2.32. The van der Waals surface area contributed by atoms with E-state index in [0.29, 0.717) is 22.4 Å². The number of aliphatic hydroxyl groups is 2. The van der Waals surface area contributed by atoms with E-state index >= 15 is 0 Å². The van der Waals surface area contributed by atoms with Gasteiger partial charge in [0.2, 0.25) is 0 Å². The maximum absolute atomic E-state index is 12.6. The van der Waals surface area contributed by atoms with Crippen LogP contribution in [0.1, 0.15) is 42.1 Å². The van der Waals surface area contributed by atoms with E-state index in [1.54, 1.807) is 36.4 Å². The van der Waals surface area contributed by atoms with Crippen LogP contribution in [0, 0.1) is 0 Å². The summed E-state index contributed by atoms with van der Waals surface area (Å²) in [5, 5.41) is 18.3. The van der Waals surface area contributed by atoms with Gasteiger partial charge in [-0.05, 0) is 65.9 Å². The zero-order valence-electron chi connectivity index (χ0n) is 22.4. The van der Waals surface area contributed by atoms with Crippen LogP contribution in [0.5, 0.6) is 17.2 Å². The molecule has 0 heterocycles. The molecule has 0 saturated carbocycles. The lowest BCUT2D eigenvalue weighted by Crippen LogP contribution is -2.14. The number of hydrogen-bond acceptors (Lipinski definition) is 8. The fourth-order valence-corrected chi connectivity index (χ4v) is 3.61. The van der Waals surface area contributed by atoms with Crippen molar-refractivity contribution in [2.75, 3.05) is 13.2 Å². The van der Waals surface area contributed by atoms with Crippen LogP contribution in [0.25, 0.3) is 11.1 Å². The Morgan fingerprint density at radius 2 is 1.23 bits per heavy atom. The number of benzene rings is 3. The van der Waals surface area contributed by atoms with Crippen molar-refractivity contribution in [2.24, 2.45) is 0 Å². The maximum atomic E-state index is 12.6. The number of ether oxygens (including phenoxy) is 3. The van der Waals surface area contributed by atoms with Crippen molar-refractivity contribution >= 4 is 17.9 Å². The van der Waals surface area contributed by atoms with Crippen LogP contribution in [0.3, 0.4) is 0 Å². The predicted molar refractivity (Wildman–Crippen MR) is 150 cm³/mol. The van der Waals surface area contributed by atoms with Crippen molar-refractivity contribution < 1.29 is 38.8 Å². The third-order valence-electron chi connectivity index (χ3n) is 5.92. The van der Waals surface area contributed by atoms with Gasteiger partial charge in [-0.15, -0.1) is 0 Å². The van der Waals surface area contributed by atoms with Crippen molar-refractivity contribution in [3.8, 4) is 28.4 Å². The smallest absolute Gasteiger partial charge is 0.343 e. The number of aryl methyl sites for hydroxylation is 1. The Hall–Kier alpha value is -4.53. The van der Waals surface area contributed by atoms with Crippen LogP contribution in [0.2, 0.25) is 0 Å². The van der Waals surface area contributed by atoms with Gasteiger partial charge in [0.1, 0.15) is 17.2 Å². The number of carbonyl (C=O) groups is 3. The van der Waals surface area contributed by atoms with Gasteiger partial charge in [0, 0.05) is 6.07 Å². The minimum absolute atomic E-state index is 0.0307. The Labute approximate surface area is 233 Å². The standard InChI is InChI=1S/C32H32O8/c1-4-5-6-7-23-8-10-25(11-9-23)32(37)38-27-14-12-24(13-15-27)26-16-28(39-30(35)21(2)19-33)18-29(17-26)40-31(36)22(3)20-34/h8-18,33-34H,2-7,19-20H2,1H3. The maximum Gasteiger partial charge on any atom is 0.343 e. The minimum Gasteiger partial charge on any atom is -0.423 e. The number of unbranched alkanes of at least 4 members (excludes halogenated alkanes) is 2. The molecule has 0 aliphatic carbocycles. The van der Waals surface area contributed by atoms with Crippen molar-refractivity contribution in [1.82, 2.24) is 0 Å². The molecule has 208 valence electrons. The molecule has 0 spiro atoms. The first-order valence-electron chi connectivity index (χ1n) is 12.8. The van der Waals surface area contributed by atoms with Gasteiger partial charge in [0.25, 0.3) is 0 Å². The first-order valence-corrected chi connectivity index (χ1v) is 12.8. The van der Waals surface area contributed by atoms with E-state index in [4.69, 9.17) is 24.4 Å². The molecule has 0 aliphatic rings. The number of esters is 3. The summed E-state index contributed by atoms with van der Waals surface area (Å²) in [6.45, 7) is 7.87. The second-order valence-corrected chi connectivity index (χ2v) is 9.06. The van der Waals surface area contributed by atoms with Gasteiger partial charge < -0.3 is 24.4 Å². The van der Waals surface area contributed by atoms with E-state index in [0.717, 1.165) is 19.3 Å². The molecular weight excluding hydrogens is 512 g/mol. The molecule has 0 unspecified atom stereocenters. The Balaban J connectivity index is 1.78. The van der Waals surface area contributed by atoms with E-state index in [1.165, 1.54) is 30.2 Å². The van der Waals surface area contributed by atoms with E-state index in [9.17, 15) is 14.4 Å². The van der Waals surface area contributed by atoms with Gasteiger partial charge in [-0.1, -0.05) is 57.2 Å². The molecule has 3 aromatic rings. The summed E-state index contributed by atoms with van der Waals surface area (Å²) in [7, 11) is 0. The molecule has 0 fully saturated rings. The summed E-state index contributed by atoms with van der Waals surface area (Å²) >= 11 is 0. The van der Waals surface area contributed by atoms with Crippen molar-refractivity contribution in [3.63, 3.8) is 0 Å². The Kier molecular flexibility index (Phi) is 10.9. The second-order valence-electron chi connectivity index (χ2n) is 9.06. The van der Waals surface area contributed by atoms with Gasteiger partial charge in [-0.25, -0.2) is 14.4 Å². The van der Waals surface area contributed by atoms with Crippen LogP contribution in [0.4, 0.5) is 0 Å². The molecule has 0 atom stereocenters. The average Bonchev–Trinajstić information content (AvgIpc) is 2.96. The molecule has 0 radical (unpaired) electrons. The molecule has 40 heavy (non-hydrogen) atoms. The fourth-order valence-electron chi connectivity index (χ4n) is 3.61. The summed E-state index contributed by atoms with van der Waals surface area (Å²) in [6, 6.07) is 18.3. The average molecular weight is 545 g/mol. The van der Waals surface area contributed by atoms with E-state index < -0.39 is 31.1 Å². The molecule has 0 amide bonds. The van der Waals surface area contributed by atoms with Crippen LogP contribution < -0.4 is 14.2 Å². The zero-order valence-corrected chi connectivity index (χ0v) is 22.4. The summed E-state index contributed by atoms with van der Waals surface area (Å²) in [5.41, 5.74) is 2.44. The van der Waals surface area contributed by atoms with Crippen LogP contribution >= 0.6 is 0 Å². The number of carbonyl (C=O) groups excluding carboxylic acids is 3. The van der Waals surface area contributed by atoms with Crippen molar-refractivity contribution in [3.05, 3.63) is 102 Å². The van der Waals surface area contributed by atoms with Gasteiger partial charge >= 0.3 is 17.9 Å². The minimum atomic E-state index is -0.854. The lowest BCUT2D eigenvalue weighted by Gasteiger charge is -2.12. The third-order valence-corrected chi connectivity index (χ3v) is 5.92. The third kappa shape index (κ3) is 8.49. The first-order chi connectivity index (χ1) is 19.2. The molecule has 8 nitrogen and oxygen atoms in total.